The number of aliphatic hydroxyl groups is 1. The van der Waals surface area contributed by atoms with Gasteiger partial charge in [-0.3, -0.25) is 0 Å². The summed E-state index contributed by atoms with van der Waals surface area (Å²) in [5, 5.41) is 12.1. The van der Waals surface area contributed by atoms with Gasteiger partial charge in [-0.1, -0.05) is 18.9 Å². The van der Waals surface area contributed by atoms with Gasteiger partial charge in [-0.2, -0.15) is 0 Å². The second-order valence-corrected chi connectivity index (χ2v) is 6.24. The standard InChI is InChI=1S/C14H23NOS/c1-15(9-8-13-6-4-10-17-13)11-12-5-2-3-7-14(12)16/h4,6,10,12,14,16H,2-3,5,7-9,11H2,1H3. The number of aliphatic hydroxyl groups excluding tert-OH is 1. The van der Waals surface area contributed by atoms with Crippen LogP contribution < -0.4 is 0 Å². The highest BCUT2D eigenvalue weighted by Gasteiger charge is 2.23. The lowest BCUT2D eigenvalue weighted by atomic mass is 9.86. The maximum absolute atomic E-state index is 9.95. The fourth-order valence-corrected chi connectivity index (χ4v) is 3.35. The molecule has 1 aliphatic rings. The Labute approximate surface area is 108 Å². The van der Waals surface area contributed by atoms with Crippen molar-refractivity contribution in [1.29, 1.82) is 0 Å². The van der Waals surface area contributed by atoms with E-state index < -0.39 is 0 Å². The molecule has 0 aromatic carbocycles. The van der Waals surface area contributed by atoms with Gasteiger partial charge in [0.25, 0.3) is 0 Å². The maximum atomic E-state index is 9.95. The average molecular weight is 253 g/mol. The highest BCUT2D eigenvalue weighted by molar-refractivity contribution is 7.09. The van der Waals surface area contributed by atoms with E-state index in [-0.39, 0.29) is 6.10 Å². The molecule has 1 aromatic heterocycles. The van der Waals surface area contributed by atoms with Gasteiger partial charge in [0.2, 0.25) is 0 Å². The molecule has 1 aliphatic carbocycles. The number of hydrogen-bond donors (Lipinski definition) is 1. The van der Waals surface area contributed by atoms with E-state index in [0.717, 1.165) is 25.9 Å². The molecule has 2 nitrogen and oxygen atoms in total. The first kappa shape index (κ1) is 13.1. The van der Waals surface area contributed by atoms with E-state index in [1.54, 1.807) is 0 Å². The van der Waals surface area contributed by atoms with Gasteiger partial charge in [0.15, 0.2) is 0 Å². The van der Waals surface area contributed by atoms with Gasteiger partial charge in [-0.25, -0.2) is 0 Å². The second-order valence-electron chi connectivity index (χ2n) is 5.20. The summed E-state index contributed by atoms with van der Waals surface area (Å²) in [6.45, 7) is 2.15. The van der Waals surface area contributed by atoms with E-state index in [1.165, 1.54) is 24.1 Å². The molecule has 1 heterocycles. The molecule has 2 rings (SSSR count). The fourth-order valence-electron chi connectivity index (χ4n) is 2.65. The molecule has 0 saturated heterocycles. The summed E-state index contributed by atoms with van der Waals surface area (Å²) >= 11 is 1.84. The lowest BCUT2D eigenvalue weighted by molar-refractivity contribution is 0.0517. The molecular weight excluding hydrogens is 230 g/mol. The summed E-state index contributed by atoms with van der Waals surface area (Å²) in [6, 6.07) is 4.32. The first-order valence-corrected chi connectivity index (χ1v) is 7.52. The van der Waals surface area contributed by atoms with Crippen molar-refractivity contribution in [1.82, 2.24) is 4.90 Å². The molecule has 1 saturated carbocycles. The molecule has 0 amide bonds. The number of nitrogens with zero attached hydrogens (tertiary/aromatic N) is 1. The van der Waals surface area contributed by atoms with E-state index in [2.05, 4.69) is 29.5 Å². The largest absolute Gasteiger partial charge is 0.393 e. The zero-order valence-electron chi connectivity index (χ0n) is 10.6. The van der Waals surface area contributed by atoms with Gasteiger partial charge < -0.3 is 10.0 Å². The summed E-state index contributed by atoms with van der Waals surface area (Å²) in [5.41, 5.74) is 0. The smallest absolute Gasteiger partial charge is 0.0580 e. The Kier molecular flexibility index (Phi) is 5.01. The van der Waals surface area contributed by atoms with E-state index in [0.29, 0.717) is 5.92 Å². The average Bonchev–Trinajstić information content (AvgIpc) is 2.82. The van der Waals surface area contributed by atoms with Gasteiger partial charge in [0, 0.05) is 18.0 Å². The van der Waals surface area contributed by atoms with E-state index >= 15 is 0 Å². The number of likely N-dealkylation sites (N-methyl/N-ethyl adjacent to an activating group) is 1. The van der Waals surface area contributed by atoms with Crippen molar-refractivity contribution in [2.45, 2.75) is 38.2 Å². The summed E-state index contributed by atoms with van der Waals surface area (Å²) in [7, 11) is 2.18. The van der Waals surface area contributed by atoms with Crippen LogP contribution in [0, 0.1) is 5.92 Å². The molecule has 2 unspecified atom stereocenters. The highest BCUT2D eigenvalue weighted by Crippen LogP contribution is 2.24. The summed E-state index contributed by atoms with van der Waals surface area (Å²) in [6.07, 6.45) is 5.77. The first-order chi connectivity index (χ1) is 8.25. The Balaban J connectivity index is 1.71. The molecular formula is C14H23NOS. The van der Waals surface area contributed by atoms with Crippen LogP contribution in [0.15, 0.2) is 17.5 Å². The molecule has 3 heteroatoms. The summed E-state index contributed by atoms with van der Waals surface area (Å²) in [4.78, 5) is 3.83. The third-order valence-corrected chi connectivity index (χ3v) is 4.67. The van der Waals surface area contributed by atoms with Gasteiger partial charge in [0.1, 0.15) is 0 Å². The van der Waals surface area contributed by atoms with Crippen molar-refractivity contribution in [3.8, 4) is 0 Å². The molecule has 1 N–H and O–H groups in total. The second kappa shape index (κ2) is 6.53. The zero-order valence-corrected chi connectivity index (χ0v) is 11.5. The van der Waals surface area contributed by atoms with Crippen molar-refractivity contribution in [3.05, 3.63) is 22.4 Å². The summed E-state index contributed by atoms with van der Waals surface area (Å²) in [5.74, 6) is 0.497. The van der Waals surface area contributed by atoms with Gasteiger partial charge in [-0.05, 0) is 43.7 Å². The number of rotatable bonds is 5. The lowest BCUT2D eigenvalue weighted by Gasteiger charge is -2.31. The Hall–Kier alpha value is -0.380. The first-order valence-electron chi connectivity index (χ1n) is 6.64. The van der Waals surface area contributed by atoms with Crippen molar-refractivity contribution < 1.29 is 5.11 Å². The predicted molar refractivity (Wildman–Crippen MR) is 73.5 cm³/mol. The van der Waals surface area contributed by atoms with Crippen LogP contribution in [-0.4, -0.2) is 36.2 Å². The minimum atomic E-state index is -0.0621. The normalized spacial score (nSPS) is 25.4. The molecule has 17 heavy (non-hydrogen) atoms. The molecule has 0 aliphatic heterocycles. The molecule has 0 spiro atoms. The molecule has 0 radical (unpaired) electrons. The van der Waals surface area contributed by atoms with Crippen LogP contribution in [-0.2, 0) is 6.42 Å². The van der Waals surface area contributed by atoms with Crippen molar-refractivity contribution >= 4 is 11.3 Å². The van der Waals surface area contributed by atoms with Crippen molar-refractivity contribution in [2.24, 2.45) is 5.92 Å². The topological polar surface area (TPSA) is 23.5 Å². The Morgan fingerprint density at radius 1 is 1.41 bits per heavy atom. The quantitative estimate of drug-likeness (QED) is 0.872. The lowest BCUT2D eigenvalue weighted by Crippen LogP contribution is -2.35. The Morgan fingerprint density at radius 2 is 2.24 bits per heavy atom. The SMILES string of the molecule is CN(CCc1cccs1)CC1CCCCC1O. The predicted octanol–water partition coefficient (Wildman–Crippen LogP) is 2.77. The molecule has 96 valence electrons. The van der Waals surface area contributed by atoms with Crippen LogP contribution in [0.2, 0.25) is 0 Å². The van der Waals surface area contributed by atoms with Gasteiger partial charge in [-0.15, -0.1) is 11.3 Å². The van der Waals surface area contributed by atoms with Crippen LogP contribution >= 0.6 is 11.3 Å². The number of thiophene rings is 1. The Bertz CT molecular complexity index is 312. The fraction of sp³-hybridized carbons (Fsp3) is 0.714. The van der Waals surface area contributed by atoms with Crippen LogP contribution in [0.25, 0.3) is 0 Å². The van der Waals surface area contributed by atoms with E-state index in [4.69, 9.17) is 0 Å². The van der Waals surface area contributed by atoms with Gasteiger partial charge in [0.05, 0.1) is 6.10 Å². The Morgan fingerprint density at radius 3 is 2.94 bits per heavy atom. The van der Waals surface area contributed by atoms with Crippen LogP contribution in [0.5, 0.6) is 0 Å². The van der Waals surface area contributed by atoms with Crippen molar-refractivity contribution in [3.63, 3.8) is 0 Å². The van der Waals surface area contributed by atoms with Crippen LogP contribution in [0.4, 0.5) is 0 Å². The van der Waals surface area contributed by atoms with Crippen molar-refractivity contribution in [2.75, 3.05) is 20.1 Å². The van der Waals surface area contributed by atoms with E-state index in [1.807, 2.05) is 11.3 Å². The molecule has 1 aromatic rings. The number of hydrogen-bond acceptors (Lipinski definition) is 3. The highest BCUT2D eigenvalue weighted by atomic mass is 32.1. The minimum absolute atomic E-state index is 0.0621. The van der Waals surface area contributed by atoms with Gasteiger partial charge >= 0.3 is 0 Å². The molecule has 1 fully saturated rings. The monoisotopic (exact) mass is 253 g/mol. The molecule has 0 bridgehead atoms. The third-order valence-electron chi connectivity index (χ3n) is 3.74. The maximum Gasteiger partial charge on any atom is 0.0580 e. The van der Waals surface area contributed by atoms with Crippen LogP contribution in [0.1, 0.15) is 30.6 Å². The molecule has 2 atom stereocenters. The van der Waals surface area contributed by atoms with Crippen LogP contribution in [0.3, 0.4) is 0 Å². The van der Waals surface area contributed by atoms with E-state index in [9.17, 15) is 5.11 Å². The third kappa shape index (κ3) is 4.09. The zero-order chi connectivity index (χ0) is 12.1. The minimum Gasteiger partial charge on any atom is -0.393 e. The summed E-state index contributed by atoms with van der Waals surface area (Å²) < 4.78 is 0.